The summed E-state index contributed by atoms with van der Waals surface area (Å²) in [6, 6.07) is 11.9. The highest BCUT2D eigenvalue weighted by atomic mass is 32.2. The number of phenolic OH excluding ortho intramolecular Hbond substituents is 2. The van der Waals surface area contributed by atoms with Crippen LogP contribution in [0.4, 0.5) is 5.69 Å². The van der Waals surface area contributed by atoms with Gasteiger partial charge in [-0.3, -0.25) is 4.79 Å². The van der Waals surface area contributed by atoms with E-state index in [1.54, 1.807) is 42.5 Å². The van der Waals surface area contributed by atoms with E-state index in [9.17, 15) is 15.0 Å². The van der Waals surface area contributed by atoms with Gasteiger partial charge in [-0.05, 0) is 48.5 Å². The minimum Gasteiger partial charge on any atom is -0.507 e. The van der Waals surface area contributed by atoms with Crippen LogP contribution < -0.4 is 5.32 Å². The molecular formula is C17H14N2O3S. The van der Waals surface area contributed by atoms with Gasteiger partial charge in [-0.2, -0.15) is 0 Å². The summed E-state index contributed by atoms with van der Waals surface area (Å²) in [5.74, 6) is -0.121. The highest BCUT2D eigenvalue weighted by Gasteiger charge is 2.24. The molecule has 0 spiro atoms. The maximum atomic E-state index is 12.0. The number of carbonyl (C=O) groups excluding carboxylic acids is 1. The molecule has 0 radical (unpaired) electrons. The normalized spacial score (nSPS) is 17.7. The van der Waals surface area contributed by atoms with Crippen LogP contribution in [-0.2, 0) is 4.79 Å². The van der Waals surface area contributed by atoms with E-state index in [2.05, 4.69) is 10.3 Å². The molecule has 2 aromatic carbocycles. The number of rotatable bonds is 2. The van der Waals surface area contributed by atoms with Crippen molar-refractivity contribution in [3.8, 4) is 11.5 Å². The quantitative estimate of drug-likeness (QED) is 0.740. The van der Waals surface area contributed by atoms with Crippen molar-refractivity contribution in [1.29, 1.82) is 0 Å². The molecule has 3 rings (SSSR count). The van der Waals surface area contributed by atoms with Crippen molar-refractivity contribution in [2.24, 2.45) is 4.99 Å². The van der Waals surface area contributed by atoms with Gasteiger partial charge in [-0.25, -0.2) is 4.99 Å². The summed E-state index contributed by atoms with van der Waals surface area (Å²) in [7, 11) is 0. The predicted molar refractivity (Wildman–Crippen MR) is 91.8 cm³/mol. The number of hydrogen-bond donors (Lipinski definition) is 3. The van der Waals surface area contributed by atoms with E-state index in [1.807, 2.05) is 13.0 Å². The molecular weight excluding hydrogens is 312 g/mol. The third-order valence-electron chi connectivity index (χ3n) is 3.23. The number of nitrogens with zero attached hydrogens (tertiary/aromatic N) is 1. The number of aliphatic imine (C=N–C) groups is 1. The fourth-order valence-corrected chi connectivity index (χ4v) is 2.89. The number of hydrogen-bond acceptors (Lipinski definition) is 5. The van der Waals surface area contributed by atoms with Crippen molar-refractivity contribution >= 4 is 34.6 Å². The molecule has 3 N–H and O–H groups in total. The van der Waals surface area contributed by atoms with Crippen molar-refractivity contribution in [1.82, 2.24) is 5.32 Å². The molecule has 0 unspecified atom stereocenters. The topological polar surface area (TPSA) is 81.9 Å². The Hall–Kier alpha value is -2.73. The van der Waals surface area contributed by atoms with Crippen LogP contribution in [0.2, 0.25) is 0 Å². The Labute approximate surface area is 137 Å². The molecule has 1 aliphatic heterocycles. The lowest BCUT2D eigenvalue weighted by Crippen LogP contribution is -2.19. The molecule has 1 saturated heterocycles. The first kappa shape index (κ1) is 15.2. The number of nitrogens with one attached hydrogen (secondary N) is 1. The number of aromatic hydroxyl groups is 2. The number of aryl methyl sites for hydroxylation is 1. The molecule has 1 amide bonds. The Balaban J connectivity index is 1.88. The van der Waals surface area contributed by atoms with Crippen molar-refractivity contribution in [2.45, 2.75) is 6.92 Å². The van der Waals surface area contributed by atoms with Gasteiger partial charge in [0.25, 0.3) is 5.91 Å². The Bertz CT molecular complexity index is 843. The maximum Gasteiger partial charge on any atom is 0.264 e. The van der Waals surface area contributed by atoms with Gasteiger partial charge >= 0.3 is 0 Å². The summed E-state index contributed by atoms with van der Waals surface area (Å²) in [4.78, 5) is 16.7. The predicted octanol–water partition coefficient (Wildman–Crippen LogP) is 3.30. The lowest BCUT2D eigenvalue weighted by Gasteiger charge is -2.01. The first-order valence-electron chi connectivity index (χ1n) is 6.90. The minimum atomic E-state index is -0.288. The number of amides is 1. The van der Waals surface area contributed by atoms with Crippen LogP contribution in [0, 0.1) is 6.92 Å². The summed E-state index contributed by atoms with van der Waals surface area (Å²) in [6.45, 7) is 1.87. The Morgan fingerprint density at radius 2 is 1.91 bits per heavy atom. The fourth-order valence-electron chi connectivity index (χ4n) is 2.07. The van der Waals surface area contributed by atoms with Gasteiger partial charge in [0.15, 0.2) is 5.17 Å². The van der Waals surface area contributed by atoms with Crippen LogP contribution >= 0.6 is 11.8 Å². The van der Waals surface area contributed by atoms with Gasteiger partial charge in [0.2, 0.25) is 0 Å². The average Bonchev–Trinajstić information content (AvgIpc) is 2.84. The smallest absolute Gasteiger partial charge is 0.264 e. The van der Waals surface area contributed by atoms with Crippen LogP contribution in [0.15, 0.2) is 52.4 Å². The Morgan fingerprint density at radius 1 is 1.13 bits per heavy atom. The number of benzene rings is 2. The van der Waals surface area contributed by atoms with Crippen LogP contribution in [0.3, 0.4) is 0 Å². The lowest BCUT2D eigenvalue weighted by atomic mass is 10.2. The number of thioether (sulfide) groups is 1. The average molecular weight is 326 g/mol. The second-order valence-corrected chi connectivity index (χ2v) is 6.06. The molecule has 0 bridgehead atoms. The third kappa shape index (κ3) is 3.37. The largest absolute Gasteiger partial charge is 0.507 e. The fraction of sp³-hybridized carbons (Fsp3) is 0.0588. The first-order chi connectivity index (χ1) is 11.0. The Kier molecular flexibility index (Phi) is 4.08. The van der Waals surface area contributed by atoms with E-state index in [-0.39, 0.29) is 17.4 Å². The Morgan fingerprint density at radius 3 is 2.65 bits per heavy atom. The third-order valence-corrected chi connectivity index (χ3v) is 4.14. The minimum absolute atomic E-state index is 0.0606. The second kappa shape index (κ2) is 6.18. The molecule has 116 valence electrons. The van der Waals surface area contributed by atoms with Gasteiger partial charge in [-0.1, -0.05) is 24.3 Å². The van der Waals surface area contributed by atoms with E-state index in [1.165, 1.54) is 0 Å². The molecule has 1 fully saturated rings. The van der Waals surface area contributed by atoms with Crippen molar-refractivity contribution < 1.29 is 15.0 Å². The van der Waals surface area contributed by atoms with Crippen LogP contribution in [-0.4, -0.2) is 21.3 Å². The molecule has 0 saturated carbocycles. The van der Waals surface area contributed by atoms with Crippen molar-refractivity contribution in [3.63, 3.8) is 0 Å². The van der Waals surface area contributed by atoms with E-state index in [0.29, 0.717) is 21.3 Å². The van der Waals surface area contributed by atoms with Gasteiger partial charge in [0, 0.05) is 5.56 Å². The molecule has 5 nitrogen and oxygen atoms in total. The molecule has 0 atom stereocenters. The van der Waals surface area contributed by atoms with Crippen molar-refractivity contribution in [2.75, 3.05) is 0 Å². The first-order valence-corrected chi connectivity index (χ1v) is 7.72. The van der Waals surface area contributed by atoms with Crippen LogP contribution in [0.1, 0.15) is 11.1 Å². The summed E-state index contributed by atoms with van der Waals surface area (Å²) >= 11 is 1.16. The van der Waals surface area contributed by atoms with E-state index >= 15 is 0 Å². The van der Waals surface area contributed by atoms with Gasteiger partial charge in [0.1, 0.15) is 17.2 Å². The molecule has 1 heterocycles. The van der Waals surface area contributed by atoms with E-state index in [0.717, 1.165) is 17.3 Å². The second-order valence-electron chi connectivity index (χ2n) is 5.03. The van der Waals surface area contributed by atoms with Crippen LogP contribution in [0.5, 0.6) is 11.5 Å². The maximum absolute atomic E-state index is 12.0. The number of para-hydroxylation sites is 1. The zero-order valence-corrected chi connectivity index (χ0v) is 13.1. The summed E-state index contributed by atoms with van der Waals surface area (Å²) in [5, 5.41) is 22.7. The highest BCUT2D eigenvalue weighted by molar-refractivity contribution is 8.18. The van der Waals surface area contributed by atoms with E-state index in [4.69, 9.17) is 0 Å². The molecule has 23 heavy (non-hydrogen) atoms. The zero-order valence-electron chi connectivity index (χ0n) is 12.3. The van der Waals surface area contributed by atoms with Crippen molar-refractivity contribution in [3.05, 3.63) is 58.5 Å². The standard InChI is InChI=1S/C17H14N2O3S/c1-10-6-7-12(14(21)8-10)18-17-19-16(22)15(23-17)9-11-4-2-3-5-13(11)20/h2-9,20-21H,1H3,(H,18,19,22)/b15-9-. The monoisotopic (exact) mass is 326 g/mol. The molecule has 2 aromatic rings. The van der Waals surface area contributed by atoms with Gasteiger partial charge in [-0.15, -0.1) is 0 Å². The summed E-state index contributed by atoms with van der Waals surface area (Å²) in [6.07, 6.45) is 1.60. The van der Waals surface area contributed by atoms with Crippen LogP contribution in [0.25, 0.3) is 6.08 Å². The van der Waals surface area contributed by atoms with Gasteiger partial charge in [0.05, 0.1) is 4.91 Å². The van der Waals surface area contributed by atoms with Gasteiger partial charge < -0.3 is 15.5 Å². The number of phenols is 2. The molecule has 6 heteroatoms. The van der Waals surface area contributed by atoms with E-state index < -0.39 is 0 Å². The molecule has 0 aliphatic carbocycles. The highest BCUT2D eigenvalue weighted by Crippen LogP contribution is 2.33. The molecule has 1 aliphatic rings. The zero-order chi connectivity index (χ0) is 16.4. The number of carbonyl (C=O) groups is 1. The SMILES string of the molecule is Cc1ccc(N=C2NC(=O)/C(=C/c3ccccc3O)S2)c(O)c1. The number of amidine groups is 1. The summed E-state index contributed by atoms with van der Waals surface area (Å²) in [5.41, 5.74) is 1.88. The molecule has 0 aromatic heterocycles. The lowest BCUT2D eigenvalue weighted by molar-refractivity contribution is -0.115. The summed E-state index contributed by atoms with van der Waals surface area (Å²) < 4.78 is 0.